The molecule has 0 spiro atoms. The molecule has 1 aromatic carbocycles. The number of halogens is 2. The number of rotatable bonds is 3. The minimum Gasteiger partial charge on any atom is -0.388 e. The summed E-state index contributed by atoms with van der Waals surface area (Å²) in [4.78, 5) is 0. The third-order valence-corrected chi connectivity index (χ3v) is 3.52. The quantitative estimate of drug-likeness (QED) is 0.882. The molecular weight excluding hydrogens is 259 g/mol. The van der Waals surface area contributed by atoms with Crippen molar-refractivity contribution in [3.63, 3.8) is 0 Å². The van der Waals surface area contributed by atoms with Gasteiger partial charge in [0.2, 0.25) is 0 Å². The fraction of sp³-hybridized carbons (Fsp3) is 0.500. The van der Waals surface area contributed by atoms with Crippen molar-refractivity contribution in [3.8, 4) is 0 Å². The number of hydrogen-bond acceptors (Lipinski definition) is 1. The molecule has 0 aliphatic rings. The molecule has 0 saturated carbocycles. The Labute approximate surface area is 98.4 Å². The van der Waals surface area contributed by atoms with Crippen LogP contribution in [0, 0.1) is 11.2 Å². The Morgan fingerprint density at radius 3 is 2.53 bits per heavy atom. The Balaban J connectivity index is 3.02. The van der Waals surface area contributed by atoms with Crippen molar-refractivity contribution in [2.24, 2.45) is 5.41 Å². The molecule has 15 heavy (non-hydrogen) atoms. The molecule has 0 aliphatic carbocycles. The van der Waals surface area contributed by atoms with E-state index < -0.39 is 6.10 Å². The largest absolute Gasteiger partial charge is 0.388 e. The van der Waals surface area contributed by atoms with Gasteiger partial charge in [0.05, 0.1) is 10.6 Å². The molecule has 1 aromatic rings. The SMILES string of the molecule is CCC(C)(C)C(O)c1ccc(F)c(Br)c1. The molecule has 0 saturated heterocycles. The molecule has 0 fully saturated rings. The lowest BCUT2D eigenvalue weighted by molar-refractivity contribution is 0.0464. The Morgan fingerprint density at radius 1 is 1.47 bits per heavy atom. The Morgan fingerprint density at radius 2 is 2.07 bits per heavy atom. The molecule has 0 aliphatic heterocycles. The molecular formula is C12H16BrFO. The third-order valence-electron chi connectivity index (χ3n) is 2.91. The summed E-state index contributed by atoms with van der Waals surface area (Å²) in [6.07, 6.45) is 0.294. The second-order valence-electron chi connectivity index (χ2n) is 4.42. The second kappa shape index (κ2) is 4.62. The summed E-state index contributed by atoms with van der Waals surface area (Å²) in [5, 5.41) is 10.1. The zero-order valence-corrected chi connectivity index (χ0v) is 10.8. The molecule has 1 unspecified atom stereocenters. The van der Waals surface area contributed by atoms with E-state index in [0.717, 1.165) is 12.0 Å². The van der Waals surface area contributed by atoms with E-state index in [1.165, 1.54) is 6.07 Å². The zero-order valence-electron chi connectivity index (χ0n) is 9.22. The van der Waals surface area contributed by atoms with E-state index in [-0.39, 0.29) is 11.2 Å². The normalized spacial score (nSPS) is 14.0. The fourth-order valence-electron chi connectivity index (χ4n) is 1.33. The molecule has 1 rings (SSSR count). The van der Waals surface area contributed by atoms with E-state index >= 15 is 0 Å². The average Bonchev–Trinajstić information content (AvgIpc) is 2.21. The van der Waals surface area contributed by atoms with Crippen LogP contribution in [-0.2, 0) is 0 Å². The van der Waals surface area contributed by atoms with Crippen molar-refractivity contribution in [2.75, 3.05) is 0 Å². The van der Waals surface area contributed by atoms with E-state index in [1.54, 1.807) is 12.1 Å². The molecule has 0 heterocycles. The van der Waals surface area contributed by atoms with E-state index in [4.69, 9.17) is 0 Å². The van der Waals surface area contributed by atoms with Crippen molar-refractivity contribution in [3.05, 3.63) is 34.1 Å². The molecule has 1 atom stereocenters. The maximum absolute atomic E-state index is 13.0. The van der Waals surface area contributed by atoms with Crippen molar-refractivity contribution in [1.29, 1.82) is 0 Å². The highest BCUT2D eigenvalue weighted by molar-refractivity contribution is 9.10. The van der Waals surface area contributed by atoms with E-state index in [2.05, 4.69) is 15.9 Å². The lowest BCUT2D eigenvalue weighted by Gasteiger charge is -2.29. The van der Waals surface area contributed by atoms with Gasteiger partial charge in [-0.25, -0.2) is 4.39 Å². The molecule has 1 nitrogen and oxygen atoms in total. The van der Waals surface area contributed by atoms with Gasteiger partial charge in [0.15, 0.2) is 0 Å². The van der Waals surface area contributed by atoms with Crippen LogP contribution in [0.5, 0.6) is 0 Å². The van der Waals surface area contributed by atoms with Crippen LogP contribution in [0.25, 0.3) is 0 Å². The first-order valence-electron chi connectivity index (χ1n) is 5.01. The average molecular weight is 275 g/mol. The van der Waals surface area contributed by atoms with Gasteiger partial charge >= 0.3 is 0 Å². The van der Waals surface area contributed by atoms with Gasteiger partial charge in [-0.05, 0) is 45.5 Å². The van der Waals surface area contributed by atoms with Crippen molar-refractivity contribution in [2.45, 2.75) is 33.3 Å². The van der Waals surface area contributed by atoms with Gasteiger partial charge in [-0.1, -0.05) is 26.8 Å². The summed E-state index contributed by atoms with van der Waals surface area (Å²) < 4.78 is 13.4. The van der Waals surface area contributed by atoms with Crippen molar-refractivity contribution in [1.82, 2.24) is 0 Å². The Bertz CT molecular complexity index is 349. The number of aliphatic hydroxyl groups is 1. The van der Waals surface area contributed by atoms with Crippen LogP contribution in [0.4, 0.5) is 4.39 Å². The highest BCUT2D eigenvalue weighted by atomic mass is 79.9. The molecule has 1 N–H and O–H groups in total. The molecule has 3 heteroatoms. The smallest absolute Gasteiger partial charge is 0.137 e. The first-order valence-corrected chi connectivity index (χ1v) is 5.81. The molecule has 0 aromatic heterocycles. The topological polar surface area (TPSA) is 20.2 Å². The van der Waals surface area contributed by atoms with E-state index in [0.29, 0.717) is 4.47 Å². The van der Waals surface area contributed by atoms with E-state index in [9.17, 15) is 9.50 Å². The summed E-state index contributed by atoms with van der Waals surface area (Å²) in [5.41, 5.74) is 0.548. The Hall–Kier alpha value is -0.410. The number of hydrogen-bond donors (Lipinski definition) is 1. The fourth-order valence-corrected chi connectivity index (χ4v) is 1.72. The van der Waals surface area contributed by atoms with Gasteiger partial charge in [-0.3, -0.25) is 0 Å². The van der Waals surface area contributed by atoms with E-state index in [1.807, 2.05) is 20.8 Å². The first-order chi connectivity index (χ1) is 6.88. The molecule has 0 radical (unpaired) electrons. The molecule has 0 amide bonds. The van der Waals surface area contributed by atoms with Crippen molar-refractivity contribution >= 4 is 15.9 Å². The monoisotopic (exact) mass is 274 g/mol. The highest BCUT2D eigenvalue weighted by Crippen LogP contribution is 2.37. The van der Waals surface area contributed by atoms with Crippen LogP contribution in [0.2, 0.25) is 0 Å². The molecule has 0 bridgehead atoms. The summed E-state index contributed by atoms with van der Waals surface area (Å²) in [5.74, 6) is -0.305. The van der Waals surface area contributed by atoms with Crippen LogP contribution in [0.1, 0.15) is 38.9 Å². The van der Waals surface area contributed by atoms with Crippen LogP contribution in [0.15, 0.2) is 22.7 Å². The summed E-state index contributed by atoms with van der Waals surface area (Å²) >= 11 is 3.12. The summed E-state index contributed by atoms with van der Waals surface area (Å²) in [7, 11) is 0. The zero-order chi connectivity index (χ0) is 11.6. The minimum absolute atomic E-state index is 0.197. The van der Waals surface area contributed by atoms with Gasteiger partial charge in [-0.15, -0.1) is 0 Å². The summed E-state index contributed by atoms with van der Waals surface area (Å²) in [6, 6.07) is 4.63. The predicted octanol–water partition coefficient (Wildman–Crippen LogP) is 4.06. The van der Waals surface area contributed by atoms with Crippen LogP contribution in [-0.4, -0.2) is 5.11 Å². The minimum atomic E-state index is -0.570. The van der Waals surface area contributed by atoms with Gasteiger partial charge in [-0.2, -0.15) is 0 Å². The third kappa shape index (κ3) is 2.79. The maximum atomic E-state index is 13.0. The van der Waals surface area contributed by atoms with Gasteiger partial charge in [0, 0.05) is 0 Å². The predicted molar refractivity (Wildman–Crippen MR) is 63.1 cm³/mol. The van der Waals surface area contributed by atoms with Crippen LogP contribution >= 0.6 is 15.9 Å². The van der Waals surface area contributed by atoms with Crippen LogP contribution in [0.3, 0.4) is 0 Å². The number of benzene rings is 1. The number of aliphatic hydroxyl groups excluding tert-OH is 1. The lowest BCUT2D eigenvalue weighted by Crippen LogP contribution is -2.20. The first kappa shape index (κ1) is 12.7. The highest BCUT2D eigenvalue weighted by Gasteiger charge is 2.27. The molecule has 84 valence electrons. The Kier molecular flexibility index (Phi) is 3.90. The standard InChI is InChI=1S/C12H16BrFO/c1-4-12(2,3)11(15)8-5-6-10(14)9(13)7-8/h5-7,11,15H,4H2,1-3H3. The van der Waals surface area contributed by atoms with Crippen LogP contribution < -0.4 is 0 Å². The summed E-state index contributed by atoms with van der Waals surface area (Å²) in [6.45, 7) is 6.02. The lowest BCUT2D eigenvalue weighted by atomic mass is 9.80. The van der Waals surface area contributed by atoms with Gasteiger partial charge in [0.1, 0.15) is 5.82 Å². The second-order valence-corrected chi connectivity index (χ2v) is 5.27. The van der Waals surface area contributed by atoms with Crippen molar-refractivity contribution < 1.29 is 9.50 Å². The van der Waals surface area contributed by atoms with Gasteiger partial charge in [0.25, 0.3) is 0 Å². The maximum Gasteiger partial charge on any atom is 0.137 e. The van der Waals surface area contributed by atoms with Gasteiger partial charge < -0.3 is 5.11 Å².